The molecule has 0 saturated carbocycles. The van der Waals surface area contributed by atoms with Gasteiger partial charge >= 0.3 is 0 Å². The van der Waals surface area contributed by atoms with Gasteiger partial charge in [-0.3, -0.25) is 9.69 Å². The van der Waals surface area contributed by atoms with Crippen LogP contribution in [-0.2, 0) is 24.4 Å². The molecule has 134 valence electrons. The van der Waals surface area contributed by atoms with Gasteiger partial charge in [0.1, 0.15) is 11.6 Å². The van der Waals surface area contributed by atoms with Crippen molar-refractivity contribution in [2.24, 2.45) is 0 Å². The Morgan fingerprint density at radius 1 is 1.20 bits per heavy atom. The number of carbonyl (C=O) groups is 1. The number of amides is 1. The quantitative estimate of drug-likeness (QED) is 0.831. The number of ether oxygens (including phenoxy) is 2. The van der Waals surface area contributed by atoms with E-state index in [2.05, 4.69) is 25.0 Å². The number of hydrogen-bond acceptors (Lipinski definition) is 6. The van der Waals surface area contributed by atoms with Crippen LogP contribution in [0, 0.1) is 6.92 Å². The highest BCUT2D eigenvalue weighted by atomic mass is 16.5. The molecule has 1 aromatic heterocycles. The zero-order chi connectivity index (χ0) is 17.8. The summed E-state index contributed by atoms with van der Waals surface area (Å²) in [4.78, 5) is 14.3. The number of nitrogens with zero attached hydrogens (tertiary/aromatic N) is 4. The number of fused-ring (bicyclic) bond motifs is 1. The van der Waals surface area contributed by atoms with Gasteiger partial charge in [0, 0.05) is 19.6 Å². The molecule has 0 atom stereocenters. The summed E-state index contributed by atoms with van der Waals surface area (Å²) in [6.07, 6.45) is 0. The molecule has 1 N–H and O–H groups in total. The van der Waals surface area contributed by atoms with Crippen LogP contribution in [0.4, 0.5) is 0 Å². The van der Waals surface area contributed by atoms with Gasteiger partial charge in [-0.15, -0.1) is 10.2 Å². The summed E-state index contributed by atoms with van der Waals surface area (Å²) in [6, 6.07) is 5.61. The van der Waals surface area contributed by atoms with Crippen molar-refractivity contribution in [3.8, 4) is 11.5 Å². The first kappa shape index (κ1) is 17.2. The molecule has 8 heteroatoms. The molecule has 1 aromatic carbocycles. The topological polar surface area (TPSA) is 81.5 Å². The number of nitrogens with one attached hydrogen (secondary N) is 1. The molecule has 0 spiro atoms. The molecule has 0 fully saturated rings. The Balaban J connectivity index is 1.52. The Kier molecular flexibility index (Phi) is 5.18. The molecule has 0 unspecified atom stereocenters. The van der Waals surface area contributed by atoms with Gasteiger partial charge < -0.3 is 19.4 Å². The van der Waals surface area contributed by atoms with Crippen LogP contribution < -0.4 is 14.8 Å². The first-order valence-electron chi connectivity index (χ1n) is 8.19. The Bertz CT molecular complexity index is 759. The van der Waals surface area contributed by atoms with Crippen molar-refractivity contribution in [2.45, 2.75) is 26.6 Å². The average Bonchev–Trinajstić information content (AvgIpc) is 3.00. The van der Waals surface area contributed by atoms with Gasteiger partial charge in [0.25, 0.3) is 0 Å². The zero-order valence-electron chi connectivity index (χ0n) is 14.8. The van der Waals surface area contributed by atoms with E-state index < -0.39 is 0 Å². The summed E-state index contributed by atoms with van der Waals surface area (Å²) in [7, 11) is 3.19. The molecular weight excluding hydrogens is 322 g/mol. The third-order valence-electron chi connectivity index (χ3n) is 4.32. The maximum absolute atomic E-state index is 12.2. The van der Waals surface area contributed by atoms with Crippen LogP contribution in [0.1, 0.15) is 17.2 Å². The van der Waals surface area contributed by atoms with Gasteiger partial charge in [-0.05, 0) is 24.6 Å². The fraction of sp³-hybridized carbons (Fsp3) is 0.471. The number of methoxy groups -OCH3 is 2. The van der Waals surface area contributed by atoms with Crippen LogP contribution in [-0.4, -0.2) is 52.9 Å². The van der Waals surface area contributed by atoms with Crippen molar-refractivity contribution in [1.29, 1.82) is 0 Å². The van der Waals surface area contributed by atoms with Gasteiger partial charge in [-0.2, -0.15) is 0 Å². The van der Waals surface area contributed by atoms with Gasteiger partial charge in [0.2, 0.25) is 5.91 Å². The minimum absolute atomic E-state index is 0.0144. The van der Waals surface area contributed by atoms with Crippen LogP contribution >= 0.6 is 0 Å². The number of benzene rings is 1. The van der Waals surface area contributed by atoms with Gasteiger partial charge in [-0.1, -0.05) is 6.07 Å². The van der Waals surface area contributed by atoms with Crippen molar-refractivity contribution < 1.29 is 14.3 Å². The zero-order valence-corrected chi connectivity index (χ0v) is 14.8. The van der Waals surface area contributed by atoms with E-state index in [4.69, 9.17) is 9.47 Å². The predicted octanol–water partition coefficient (Wildman–Crippen LogP) is 0.736. The number of aromatic nitrogens is 3. The van der Waals surface area contributed by atoms with Crippen LogP contribution in [0.2, 0.25) is 0 Å². The summed E-state index contributed by atoms with van der Waals surface area (Å²) < 4.78 is 12.6. The van der Waals surface area contributed by atoms with E-state index in [1.54, 1.807) is 14.2 Å². The lowest BCUT2D eigenvalue weighted by Gasteiger charge is -2.26. The van der Waals surface area contributed by atoms with E-state index in [0.717, 1.165) is 30.3 Å². The second-order valence-electron chi connectivity index (χ2n) is 5.99. The van der Waals surface area contributed by atoms with Crippen molar-refractivity contribution in [3.63, 3.8) is 0 Å². The smallest absolute Gasteiger partial charge is 0.234 e. The molecule has 1 amide bonds. The fourth-order valence-electron chi connectivity index (χ4n) is 2.94. The Labute approximate surface area is 146 Å². The van der Waals surface area contributed by atoms with Crippen LogP contribution in [0.25, 0.3) is 0 Å². The summed E-state index contributed by atoms with van der Waals surface area (Å²) in [5.41, 5.74) is 0.958. The van der Waals surface area contributed by atoms with E-state index in [-0.39, 0.29) is 5.91 Å². The number of hydrogen-bond donors (Lipinski definition) is 1. The number of carbonyl (C=O) groups excluding carboxylic acids is 1. The molecule has 0 radical (unpaired) electrons. The minimum atomic E-state index is -0.0144. The van der Waals surface area contributed by atoms with Crippen molar-refractivity contribution in [3.05, 3.63) is 35.4 Å². The van der Waals surface area contributed by atoms with Gasteiger partial charge in [-0.25, -0.2) is 0 Å². The number of aryl methyl sites for hydroxylation is 1. The SMILES string of the molecule is COc1ccc(CNC(=O)CN2CCn3c(C)nnc3C2)cc1OC. The Morgan fingerprint density at radius 2 is 2.00 bits per heavy atom. The van der Waals surface area contributed by atoms with Crippen molar-refractivity contribution in [2.75, 3.05) is 27.3 Å². The Hall–Kier alpha value is -2.61. The van der Waals surface area contributed by atoms with Gasteiger partial charge in [0.15, 0.2) is 11.5 Å². The molecule has 0 bridgehead atoms. The molecule has 0 aliphatic carbocycles. The molecule has 3 rings (SSSR count). The lowest BCUT2D eigenvalue weighted by molar-refractivity contribution is -0.122. The highest BCUT2D eigenvalue weighted by molar-refractivity contribution is 5.78. The first-order valence-corrected chi connectivity index (χ1v) is 8.19. The highest BCUT2D eigenvalue weighted by Gasteiger charge is 2.21. The van der Waals surface area contributed by atoms with Crippen molar-refractivity contribution >= 4 is 5.91 Å². The molecule has 2 heterocycles. The van der Waals surface area contributed by atoms with E-state index in [1.165, 1.54) is 0 Å². The summed E-state index contributed by atoms with van der Waals surface area (Å²) in [6.45, 7) is 5.01. The lowest BCUT2D eigenvalue weighted by Crippen LogP contribution is -2.41. The second kappa shape index (κ2) is 7.52. The Morgan fingerprint density at radius 3 is 2.76 bits per heavy atom. The monoisotopic (exact) mass is 345 g/mol. The molecule has 8 nitrogen and oxygen atoms in total. The standard InChI is InChI=1S/C17H23N5O3/c1-12-19-20-16-10-21(6-7-22(12)16)11-17(23)18-9-13-4-5-14(24-2)15(8-13)25-3/h4-5,8H,6-7,9-11H2,1-3H3,(H,18,23). The fourth-order valence-corrected chi connectivity index (χ4v) is 2.94. The molecule has 1 aliphatic heterocycles. The van der Waals surface area contributed by atoms with E-state index >= 15 is 0 Å². The normalized spacial score (nSPS) is 14.0. The predicted molar refractivity (Wildman–Crippen MR) is 91.4 cm³/mol. The summed E-state index contributed by atoms with van der Waals surface area (Å²) in [5.74, 6) is 3.15. The third kappa shape index (κ3) is 3.90. The minimum Gasteiger partial charge on any atom is -0.493 e. The van der Waals surface area contributed by atoms with Crippen molar-refractivity contribution in [1.82, 2.24) is 25.0 Å². The van der Waals surface area contributed by atoms with E-state index in [0.29, 0.717) is 31.1 Å². The van der Waals surface area contributed by atoms with E-state index in [1.807, 2.05) is 25.1 Å². The average molecular weight is 345 g/mol. The maximum atomic E-state index is 12.2. The molecule has 0 saturated heterocycles. The van der Waals surface area contributed by atoms with E-state index in [9.17, 15) is 4.79 Å². The molecular formula is C17H23N5O3. The molecule has 2 aromatic rings. The second-order valence-corrected chi connectivity index (χ2v) is 5.99. The lowest BCUT2D eigenvalue weighted by atomic mass is 10.2. The molecule has 1 aliphatic rings. The first-order chi connectivity index (χ1) is 12.1. The largest absolute Gasteiger partial charge is 0.493 e. The highest BCUT2D eigenvalue weighted by Crippen LogP contribution is 2.27. The van der Waals surface area contributed by atoms with Crippen LogP contribution in [0.15, 0.2) is 18.2 Å². The third-order valence-corrected chi connectivity index (χ3v) is 4.32. The molecule has 25 heavy (non-hydrogen) atoms. The van der Waals surface area contributed by atoms with Crippen LogP contribution in [0.3, 0.4) is 0 Å². The summed E-state index contributed by atoms with van der Waals surface area (Å²) >= 11 is 0. The maximum Gasteiger partial charge on any atom is 0.234 e. The number of rotatable bonds is 6. The summed E-state index contributed by atoms with van der Waals surface area (Å²) in [5, 5.41) is 11.2. The van der Waals surface area contributed by atoms with Gasteiger partial charge in [0.05, 0.1) is 27.3 Å². The van der Waals surface area contributed by atoms with Crippen LogP contribution in [0.5, 0.6) is 11.5 Å².